The van der Waals surface area contributed by atoms with Crippen molar-refractivity contribution in [1.29, 1.82) is 0 Å². The zero-order valence-corrected chi connectivity index (χ0v) is 47.7. The summed E-state index contributed by atoms with van der Waals surface area (Å²) in [5.41, 5.74) is 0. The van der Waals surface area contributed by atoms with Gasteiger partial charge in [0, 0.05) is 12.8 Å². The van der Waals surface area contributed by atoms with Crippen LogP contribution in [0.2, 0.25) is 0 Å². The minimum Gasteiger partial charge on any atom is -0.462 e. The monoisotopic (exact) mass is 1000 g/mol. The van der Waals surface area contributed by atoms with Gasteiger partial charge in [-0.3, -0.25) is 9.59 Å². The van der Waals surface area contributed by atoms with Crippen LogP contribution in [-0.4, -0.2) is 36.4 Å². The van der Waals surface area contributed by atoms with Gasteiger partial charge < -0.3 is 14.6 Å². The molecule has 72 heavy (non-hydrogen) atoms. The summed E-state index contributed by atoms with van der Waals surface area (Å²) >= 11 is 0. The molecule has 0 rings (SSSR count). The van der Waals surface area contributed by atoms with Gasteiger partial charge in [0.05, 0.1) is 6.61 Å². The Labute approximate surface area is 447 Å². The Morgan fingerprint density at radius 2 is 0.556 bits per heavy atom. The highest BCUT2D eigenvalue weighted by Crippen LogP contribution is 2.18. The average molecular weight is 1000 g/mol. The largest absolute Gasteiger partial charge is 0.462 e. The summed E-state index contributed by atoms with van der Waals surface area (Å²) in [5, 5.41) is 9.65. The molecular weight excluding hydrogens is 885 g/mol. The molecule has 0 aliphatic carbocycles. The number of carbonyl (C=O) groups excluding carboxylic acids is 2. The third-order valence-electron chi connectivity index (χ3n) is 13.7. The van der Waals surface area contributed by atoms with E-state index in [1.54, 1.807) is 0 Å². The van der Waals surface area contributed by atoms with Crippen molar-refractivity contribution in [3.63, 3.8) is 0 Å². The molecule has 416 valence electrons. The van der Waals surface area contributed by atoms with Gasteiger partial charge in [-0.1, -0.05) is 298 Å². The predicted molar refractivity (Wildman–Crippen MR) is 316 cm³/mol. The molecule has 0 amide bonds. The van der Waals surface area contributed by atoms with E-state index >= 15 is 0 Å². The summed E-state index contributed by atoms with van der Waals surface area (Å²) in [5.74, 6) is -0.592. The van der Waals surface area contributed by atoms with E-state index in [1.807, 2.05) is 0 Å². The smallest absolute Gasteiger partial charge is 0.306 e. The number of allylic oxidation sites excluding steroid dienone is 14. The van der Waals surface area contributed by atoms with Gasteiger partial charge in [-0.2, -0.15) is 0 Å². The van der Waals surface area contributed by atoms with E-state index in [9.17, 15) is 14.7 Å². The first-order valence-electron chi connectivity index (χ1n) is 31.1. The van der Waals surface area contributed by atoms with Crippen LogP contribution in [0.1, 0.15) is 309 Å². The number of rotatable bonds is 57. The van der Waals surface area contributed by atoms with E-state index in [-0.39, 0.29) is 25.2 Å². The molecule has 1 N–H and O–H groups in total. The lowest BCUT2D eigenvalue weighted by Gasteiger charge is -2.15. The maximum Gasteiger partial charge on any atom is 0.306 e. The van der Waals surface area contributed by atoms with E-state index in [0.29, 0.717) is 12.8 Å². The lowest BCUT2D eigenvalue weighted by atomic mass is 10.0. The molecule has 0 saturated heterocycles. The van der Waals surface area contributed by atoms with E-state index in [2.05, 4.69) is 98.9 Å². The lowest BCUT2D eigenvalue weighted by Crippen LogP contribution is -2.28. The van der Waals surface area contributed by atoms with Crippen LogP contribution >= 0.6 is 0 Å². The molecule has 0 aromatic heterocycles. The van der Waals surface area contributed by atoms with Crippen molar-refractivity contribution in [3.8, 4) is 0 Å². The molecule has 5 nitrogen and oxygen atoms in total. The summed E-state index contributed by atoms with van der Waals surface area (Å²) < 4.78 is 10.7. The fourth-order valence-corrected chi connectivity index (χ4v) is 9.09. The zero-order valence-electron chi connectivity index (χ0n) is 47.7. The third-order valence-corrected chi connectivity index (χ3v) is 13.7. The second kappa shape index (κ2) is 62.4. The Kier molecular flexibility index (Phi) is 59.8. The number of aliphatic hydroxyl groups excluding tert-OH is 1. The standard InChI is InChI=1S/C67H118O5/c1-3-5-7-9-11-13-15-17-19-21-22-23-24-25-26-27-28-29-30-31-32-33-34-35-36-37-38-39-40-41-42-43-44-46-48-50-52-54-56-58-60-62-67(70)72-65(63-68)64-71-66(69)61-59-57-55-53-51-49-47-45-20-18-16-14-12-10-8-6-4-2/h5-8,11-14,17-20,22-23,65,68H,3-4,9-10,15-16,21,24-64H2,1-2H3/b7-5-,8-6-,13-11-,14-12-,19-17-,20-18-,23-22-. The second-order valence-electron chi connectivity index (χ2n) is 20.7. The minimum absolute atomic E-state index is 0.0701. The Hall–Kier alpha value is -2.92. The molecule has 0 spiro atoms. The van der Waals surface area contributed by atoms with Crippen LogP contribution in [-0.2, 0) is 19.1 Å². The molecular formula is C67H118O5. The molecule has 0 saturated carbocycles. The van der Waals surface area contributed by atoms with Crippen molar-refractivity contribution < 1.29 is 24.2 Å². The average Bonchev–Trinajstić information content (AvgIpc) is 3.38. The third kappa shape index (κ3) is 59.6. The van der Waals surface area contributed by atoms with Gasteiger partial charge in [0.1, 0.15) is 6.61 Å². The molecule has 5 heteroatoms. The molecule has 0 fully saturated rings. The first kappa shape index (κ1) is 69.1. The van der Waals surface area contributed by atoms with E-state index in [4.69, 9.17) is 9.47 Å². The Bertz CT molecular complexity index is 1320. The quantitative estimate of drug-likeness (QED) is 0.0373. The first-order valence-corrected chi connectivity index (χ1v) is 31.1. The van der Waals surface area contributed by atoms with Crippen LogP contribution in [0, 0.1) is 0 Å². The van der Waals surface area contributed by atoms with Crippen LogP contribution in [0.4, 0.5) is 0 Å². The maximum absolute atomic E-state index is 12.3. The summed E-state index contributed by atoms with van der Waals surface area (Å²) in [4.78, 5) is 24.5. The summed E-state index contributed by atoms with van der Waals surface area (Å²) in [7, 11) is 0. The van der Waals surface area contributed by atoms with Crippen molar-refractivity contribution in [1.82, 2.24) is 0 Å². The van der Waals surface area contributed by atoms with E-state index < -0.39 is 6.10 Å². The summed E-state index contributed by atoms with van der Waals surface area (Å²) in [6.45, 7) is 3.93. The molecule has 0 aliphatic heterocycles. The van der Waals surface area contributed by atoms with Gasteiger partial charge in [0.15, 0.2) is 6.10 Å². The van der Waals surface area contributed by atoms with E-state index in [0.717, 1.165) is 89.9 Å². The summed E-state index contributed by atoms with van der Waals surface area (Å²) in [6, 6.07) is 0. The molecule has 0 radical (unpaired) electrons. The van der Waals surface area contributed by atoms with Crippen LogP contribution in [0.3, 0.4) is 0 Å². The first-order chi connectivity index (χ1) is 35.6. The van der Waals surface area contributed by atoms with Gasteiger partial charge in [-0.15, -0.1) is 0 Å². The summed E-state index contributed by atoms with van der Waals surface area (Å²) in [6.07, 6.45) is 87.5. The lowest BCUT2D eigenvalue weighted by molar-refractivity contribution is -0.161. The number of aliphatic hydroxyl groups is 1. The SMILES string of the molecule is CC/C=C\C/C=C\C/C=C\C/C=C\CCCCCCCCCCCCCCCCCCCCCCCCCCCCCCC(=O)OC(CO)COC(=O)CCCCCCCCC/C=C\C/C=C\C/C=C\CC. The number of hydrogen-bond donors (Lipinski definition) is 1. The number of esters is 2. The van der Waals surface area contributed by atoms with Crippen LogP contribution < -0.4 is 0 Å². The maximum atomic E-state index is 12.3. The highest BCUT2D eigenvalue weighted by Gasteiger charge is 2.16. The topological polar surface area (TPSA) is 72.8 Å². The Morgan fingerprint density at radius 3 is 0.833 bits per heavy atom. The fourth-order valence-electron chi connectivity index (χ4n) is 9.09. The van der Waals surface area contributed by atoms with Crippen molar-refractivity contribution in [2.45, 2.75) is 315 Å². The molecule has 0 aromatic carbocycles. The van der Waals surface area contributed by atoms with Crippen LogP contribution in [0.5, 0.6) is 0 Å². The van der Waals surface area contributed by atoms with E-state index in [1.165, 1.54) is 193 Å². The molecule has 1 unspecified atom stereocenters. The molecule has 0 aliphatic rings. The van der Waals surface area contributed by atoms with Crippen molar-refractivity contribution in [2.75, 3.05) is 13.2 Å². The molecule has 0 bridgehead atoms. The number of carbonyl (C=O) groups is 2. The van der Waals surface area contributed by atoms with Gasteiger partial charge >= 0.3 is 11.9 Å². The Morgan fingerprint density at radius 1 is 0.319 bits per heavy atom. The molecule has 0 aromatic rings. The van der Waals surface area contributed by atoms with Gasteiger partial charge in [0.2, 0.25) is 0 Å². The second-order valence-corrected chi connectivity index (χ2v) is 20.7. The predicted octanol–water partition coefficient (Wildman–Crippen LogP) is 21.3. The minimum atomic E-state index is -0.777. The number of ether oxygens (including phenoxy) is 2. The zero-order chi connectivity index (χ0) is 52.0. The van der Waals surface area contributed by atoms with Crippen molar-refractivity contribution in [2.24, 2.45) is 0 Å². The normalized spacial score (nSPS) is 12.8. The Balaban J connectivity index is 3.39. The highest BCUT2D eigenvalue weighted by atomic mass is 16.6. The van der Waals surface area contributed by atoms with Gasteiger partial charge in [0.25, 0.3) is 0 Å². The fraction of sp³-hybridized carbons (Fsp3) is 0.761. The van der Waals surface area contributed by atoms with Crippen molar-refractivity contribution >= 4 is 11.9 Å². The molecule has 0 heterocycles. The highest BCUT2D eigenvalue weighted by molar-refractivity contribution is 5.70. The van der Waals surface area contributed by atoms with Gasteiger partial charge in [-0.25, -0.2) is 0 Å². The number of unbranched alkanes of at least 4 members (excludes halogenated alkanes) is 35. The molecule has 1 atom stereocenters. The number of hydrogen-bond acceptors (Lipinski definition) is 5. The van der Waals surface area contributed by atoms with Crippen molar-refractivity contribution in [3.05, 3.63) is 85.1 Å². The van der Waals surface area contributed by atoms with Crippen LogP contribution in [0.25, 0.3) is 0 Å². The van der Waals surface area contributed by atoms with Crippen LogP contribution in [0.15, 0.2) is 85.1 Å². The van der Waals surface area contributed by atoms with Gasteiger partial charge in [-0.05, 0) is 83.5 Å².